The summed E-state index contributed by atoms with van der Waals surface area (Å²) in [4.78, 5) is 24.7. The van der Waals surface area contributed by atoms with Crippen LogP contribution >= 0.6 is 34.7 Å². The smallest absolute Gasteiger partial charge is 0.257 e. The van der Waals surface area contributed by atoms with Gasteiger partial charge in [-0.1, -0.05) is 48.0 Å². The molecule has 2 amide bonds. The maximum absolute atomic E-state index is 12.4. The lowest BCUT2D eigenvalue weighted by Crippen LogP contribution is -2.14. The van der Waals surface area contributed by atoms with E-state index in [0.29, 0.717) is 38.1 Å². The molecule has 1 heterocycles. The average molecular weight is 507 g/mol. The van der Waals surface area contributed by atoms with Crippen molar-refractivity contribution in [3.8, 4) is 11.5 Å². The highest BCUT2D eigenvalue weighted by atomic mass is 35.5. The molecule has 0 aliphatic carbocycles. The number of nitrogens with one attached hydrogen (secondary N) is 2. The zero-order valence-corrected chi connectivity index (χ0v) is 20.5. The Hall–Kier alpha value is -2.82. The zero-order valence-electron chi connectivity index (χ0n) is 18.1. The molecule has 33 heavy (non-hydrogen) atoms. The van der Waals surface area contributed by atoms with Gasteiger partial charge in [-0.2, -0.15) is 0 Å². The molecule has 174 valence electrons. The molecular formula is C22H23ClN4O4S2. The second-order valence-corrected chi connectivity index (χ2v) is 9.37. The van der Waals surface area contributed by atoms with Gasteiger partial charge in [-0.25, -0.2) is 0 Å². The van der Waals surface area contributed by atoms with Crippen molar-refractivity contribution in [3.05, 3.63) is 53.1 Å². The molecule has 0 bridgehead atoms. The molecule has 0 aliphatic heterocycles. The van der Waals surface area contributed by atoms with E-state index in [0.717, 1.165) is 18.6 Å². The van der Waals surface area contributed by atoms with Crippen LogP contribution in [0.1, 0.15) is 30.1 Å². The number of aromatic nitrogens is 2. The normalized spacial score (nSPS) is 10.5. The highest BCUT2D eigenvalue weighted by Crippen LogP contribution is 2.29. The molecule has 8 nitrogen and oxygen atoms in total. The standard InChI is InChI=1S/C22H23ClN4O4S2/c1-3-4-11-31-16-8-5-14(6-9-16)20(29)25-21-26-27-22(33-21)32-13-19(28)24-17-12-15(23)7-10-18(17)30-2/h5-10,12H,3-4,11,13H2,1-2H3,(H,24,28)(H,25,26,29). The van der Waals surface area contributed by atoms with Gasteiger partial charge in [0.25, 0.3) is 5.91 Å². The Morgan fingerprint density at radius 3 is 2.64 bits per heavy atom. The first kappa shape index (κ1) is 24.8. The van der Waals surface area contributed by atoms with Crippen LogP contribution in [0.5, 0.6) is 11.5 Å². The molecule has 2 aromatic carbocycles. The number of hydrogen-bond acceptors (Lipinski definition) is 8. The average Bonchev–Trinajstić information content (AvgIpc) is 3.26. The topological polar surface area (TPSA) is 102 Å². The second kappa shape index (κ2) is 12.4. The van der Waals surface area contributed by atoms with Crippen molar-refractivity contribution in [2.75, 3.05) is 30.1 Å². The summed E-state index contributed by atoms with van der Waals surface area (Å²) in [5, 5.41) is 14.3. The summed E-state index contributed by atoms with van der Waals surface area (Å²) in [7, 11) is 1.51. The van der Waals surface area contributed by atoms with Crippen LogP contribution in [0.4, 0.5) is 10.8 Å². The number of nitrogens with zero attached hydrogens (tertiary/aromatic N) is 2. The van der Waals surface area contributed by atoms with Gasteiger partial charge in [0.05, 0.1) is 25.2 Å². The van der Waals surface area contributed by atoms with E-state index in [1.165, 1.54) is 30.2 Å². The molecule has 0 unspecified atom stereocenters. The second-order valence-electron chi connectivity index (χ2n) is 6.74. The van der Waals surface area contributed by atoms with E-state index < -0.39 is 0 Å². The fourth-order valence-electron chi connectivity index (χ4n) is 2.62. The van der Waals surface area contributed by atoms with Gasteiger partial charge in [-0.05, 0) is 48.9 Å². The minimum atomic E-state index is -0.298. The van der Waals surface area contributed by atoms with E-state index in [4.69, 9.17) is 21.1 Å². The number of amides is 2. The first-order valence-electron chi connectivity index (χ1n) is 10.1. The Morgan fingerprint density at radius 1 is 1.12 bits per heavy atom. The van der Waals surface area contributed by atoms with E-state index in [9.17, 15) is 9.59 Å². The summed E-state index contributed by atoms with van der Waals surface area (Å²) in [6.45, 7) is 2.75. The van der Waals surface area contributed by atoms with Gasteiger partial charge < -0.3 is 14.8 Å². The van der Waals surface area contributed by atoms with Crippen molar-refractivity contribution < 1.29 is 19.1 Å². The Morgan fingerprint density at radius 2 is 1.91 bits per heavy atom. The lowest BCUT2D eigenvalue weighted by molar-refractivity contribution is -0.113. The molecule has 0 radical (unpaired) electrons. The molecule has 0 saturated heterocycles. The molecule has 1 aromatic heterocycles. The molecule has 0 saturated carbocycles. The molecular weight excluding hydrogens is 484 g/mol. The summed E-state index contributed by atoms with van der Waals surface area (Å²) in [5.41, 5.74) is 0.972. The molecule has 3 rings (SSSR count). The lowest BCUT2D eigenvalue weighted by Gasteiger charge is -2.09. The number of benzene rings is 2. The SMILES string of the molecule is CCCCOc1ccc(C(=O)Nc2nnc(SCC(=O)Nc3cc(Cl)ccc3OC)s2)cc1. The Labute approximate surface area is 205 Å². The Balaban J connectivity index is 1.49. The first-order chi connectivity index (χ1) is 16.0. The summed E-state index contributed by atoms with van der Waals surface area (Å²) in [6.07, 6.45) is 2.04. The quantitative estimate of drug-likeness (QED) is 0.205. The molecule has 11 heteroatoms. The number of halogens is 1. The Kier molecular flexibility index (Phi) is 9.35. The number of unbranched alkanes of at least 4 members (excludes halogenated alkanes) is 1. The van der Waals surface area contributed by atoms with Gasteiger partial charge >= 0.3 is 0 Å². The van der Waals surface area contributed by atoms with Crippen molar-refractivity contribution in [2.45, 2.75) is 24.1 Å². The Bertz CT molecular complexity index is 1090. The molecule has 3 aromatic rings. The van der Waals surface area contributed by atoms with Crippen LogP contribution in [0.15, 0.2) is 46.8 Å². The van der Waals surface area contributed by atoms with E-state index in [1.807, 2.05) is 0 Å². The predicted molar refractivity (Wildman–Crippen MR) is 132 cm³/mol. The van der Waals surface area contributed by atoms with Crippen molar-refractivity contribution in [2.24, 2.45) is 0 Å². The number of anilines is 2. The minimum Gasteiger partial charge on any atom is -0.495 e. The van der Waals surface area contributed by atoms with E-state index in [2.05, 4.69) is 27.8 Å². The number of thioether (sulfide) groups is 1. The largest absolute Gasteiger partial charge is 0.495 e. The molecule has 0 atom stereocenters. The van der Waals surface area contributed by atoms with Crippen LogP contribution in [0.3, 0.4) is 0 Å². The third-order valence-electron chi connectivity index (χ3n) is 4.27. The summed E-state index contributed by atoms with van der Waals surface area (Å²) in [5.74, 6) is 0.802. The first-order valence-corrected chi connectivity index (χ1v) is 12.3. The van der Waals surface area contributed by atoms with Crippen LogP contribution in [0, 0.1) is 0 Å². The third-order valence-corrected chi connectivity index (χ3v) is 6.48. The fourth-order valence-corrected chi connectivity index (χ4v) is 4.34. The monoisotopic (exact) mass is 506 g/mol. The number of carbonyl (C=O) groups is 2. The van der Waals surface area contributed by atoms with Crippen LogP contribution < -0.4 is 20.1 Å². The number of rotatable bonds is 11. The molecule has 0 aliphatic rings. The van der Waals surface area contributed by atoms with Gasteiger partial charge in [0.15, 0.2) is 4.34 Å². The van der Waals surface area contributed by atoms with Crippen molar-refractivity contribution in [1.29, 1.82) is 0 Å². The number of methoxy groups -OCH3 is 1. The lowest BCUT2D eigenvalue weighted by atomic mass is 10.2. The van der Waals surface area contributed by atoms with Crippen molar-refractivity contribution in [3.63, 3.8) is 0 Å². The van der Waals surface area contributed by atoms with Crippen LogP contribution in [0.25, 0.3) is 0 Å². The molecule has 0 spiro atoms. The minimum absolute atomic E-state index is 0.109. The van der Waals surface area contributed by atoms with Gasteiger partial charge in [0, 0.05) is 10.6 Å². The zero-order chi connectivity index (χ0) is 23.6. The van der Waals surface area contributed by atoms with Gasteiger partial charge in [-0.3, -0.25) is 14.9 Å². The maximum atomic E-state index is 12.4. The fraction of sp³-hybridized carbons (Fsp3) is 0.273. The van der Waals surface area contributed by atoms with Crippen LogP contribution in [-0.4, -0.2) is 41.5 Å². The third kappa shape index (κ3) is 7.62. The van der Waals surface area contributed by atoms with Gasteiger partial charge in [0.2, 0.25) is 11.0 Å². The predicted octanol–water partition coefficient (Wildman–Crippen LogP) is 5.36. The summed E-state index contributed by atoms with van der Waals surface area (Å²) in [6, 6.07) is 11.9. The van der Waals surface area contributed by atoms with Crippen molar-refractivity contribution in [1.82, 2.24) is 10.2 Å². The van der Waals surface area contributed by atoms with Gasteiger partial charge in [0.1, 0.15) is 11.5 Å². The molecule has 0 fully saturated rings. The maximum Gasteiger partial charge on any atom is 0.257 e. The van der Waals surface area contributed by atoms with Crippen LogP contribution in [-0.2, 0) is 4.79 Å². The summed E-state index contributed by atoms with van der Waals surface area (Å²) >= 11 is 8.38. The van der Waals surface area contributed by atoms with E-state index >= 15 is 0 Å². The highest BCUT2D eigenvalue weighted by molar-refractivity contribution is 8.01. The van der Waals surface area contributed by atoms with Crippen LogP contribution in [0.2, 0.25) is 5.02 Å². The van der Waals surface area contributed by atoms with E-state index in [-0.39, 0.29) is 17.6 Å². The number of carbonyl (C=O) groups excluding carboxylic acids is 2. The molecule has 2 N–H and O–H groups in total. The van der Waals surface area contributed by atoms with E-state index in [1.54, 1.807) is 42.5 Å². The highest BCUT2D eigenvalue weighted by Gasteiger charge is 2.13. The summed E-state index contributed by atoms with van der Waals surface area (Å²) < 4.78 is 11.4. The number of hydrogen-bond donors (Lipinski definition) is 2. The number of ether oxygens (including phenoxy) is 2. The van der Waals surface area contributed by atoms with Crippen molar-refractivity contribution >= 4 is 57.3 Å². The van der Waals surface area contributed by atoms with Gasteiger partial charge in [-0.15, -0.1) is 10.2 Å².